The smallest absolute Gasteiger partial charge is 0.264 e. The van der Waals surface area contributed by atoms with Crippen molar-refractivity contribution in [1.82, 2.24) is 9.97 Å². The van der Waals surface area contributed by atoms with Gasteiger partial charge in [-0.15, -0.1) is 0 Å². The summed E-state index contributed by atoms with van der Waals surface area (Å²) in [5.74, 6) is -0.711. The highest BCUT2D eigenvalue weighted by Gasteiger charge is 2.17. The highest BCUT2D eigenvalue weighted by Crippen LogP contribution is 2.18. The third-order valence-electron chi connectivity index (χ3n) is 2.49. The van der Waals surface area contributed by atoms with Crippen molar-refractivity contribution in [2.45, 2.75) is 18.7 Å². The van der Waals surface area contributed by atoms with Crippen LogP contribution in [0.2, 0.25) is 0 Å². The number of halogens is 1. The fourth-order valence-electron chi connectivity index (χ4n) is 1.64. The van der Waals surface area contributed by atoms with Crippen LogP contribution in [0.5, 0.6) is 0 Å². The van der Waals surface area contributed by atoms with Crippen LogP contribution in [-0.4, -0.2) is 18.4 Å². The first-order valence-corrected chi connectivity index (χ1v) is 7.16. The van der Waals surface area contributed by atoms with Crippen LogP contribution in [0.4, 0.5) is 16.0 Å². The molecule has 0 unspecified atom stereocenters. The first-order chi connectivity index (χ1) is 9.28. The van der Waals surface area contributed by atoms with Crippen molar-refractivity contribution < 1.29 is 12.8 Å². The lowest BCUT2D eigenvalue weighted by Gasteiger charge is -2.08. The van der Waals surface area contributed by atoms with Gasteiger partial charge >= 0.3 is 0 Å². The summed E-state index contributed by atoms with van der Waals surface area (Å²) in [4.78, 5) is 7.80. The van der Waals surface area contributed by atoms with E-state index in [1.165, 1.54) is 0 Å². The molecule has 0 aliphatic heterocycles. The number of rotatable bonds is 3. The van der Waals surface area contributed by atoms with Crippen LogP contribution in [0.3, 0.4) is 0 Å². The lowest BCUT2D eigenvalue weighted by atomic mass is 10.3. The Morgan fingerprint density at radius 3 is 2.30 bits per heavy atom. The molecule has 0 saturated carbocycles. The molecule has 106 valence electrons. The maximum atomic E-state index is 13.1. The largest absolute Gasteiger partial charge is 0.396 e. The summed E-state index contributed by atoms with van der Waals surface area (Å²) in [6.07, 6.45) is 0. The van der Waals surface area contributed by atoms with Gasteiger partial charge < -0.3 is 5.73 Å². The topological polar surface area (TPSA) is 98.0 Å². The Morgan fingerprint density at radius 2 is 1.75 bits per heavy atom. The minimum Gasteiger partial charge on any atom is -0.396 e. The van der Waals surface area contributed by atoms with Gasteiger partial charge in [0.15, 0.2) is 0 Å². The van der Waals surface area contributed by atoms with E-state index in [-0.39, 0.29) is 16.5 Å². The lowest BCUT2D eigenvalue weighted by molar-refractivity contribution is 0.599. The van der Waals surface area contributed by atoms with Gasteiger partial charge in [-0.3, -0.25) is 0 Å². The van der Waals surface area contributed by atoms with Gasteiger partial charge in [0.05, 0.1) is 10.6 Å². The third-order valence-corrected chi connectivity index (χ3v) is 3.81. The normalized spacial score (nSPS) is 11.3. The molecule has 1 aromatic carbocycles. The first-order valence-electron chi connectivity index (χ1n) is 5.68. The van der Waals surface area contributed by atoms with E-state index in [4.69, 9.17) is 5.73 Å². The number of aromatic nitrogens is 2. The van der Waals surface area contributed by atoms with Crippen LogP contribution in [0, 0.1) is 19.7 Å². The standard InChI is InChI=1S/C12H13FN4O2S/c1-7-5-8(2)16-12(15-7)17-20(18,19)9-3-4-10(13)11(14)6-9/h3-6H,14H2,1-2H3,(H,15,16,17). The summed E-state index contributed by atoms with van der Waals surface area (Å²) in [6.45, 7) is 3.45. The van der Waals surface area contributed by atoms with Crippen molar-refractivity contribution in [3.05, 3.63) is 41.5 Å². The maximum Gasteiger partial charge on any atom is 0.264 e. The second-order valence-corrected chi connectivity index (χ2v) is 5.95. The molecule has 1 heterocycles. The van der Waals surface area contributed by atoms with Gasteiger partial charge in [-0.25, -0.2) is 27.5 Å². The number of aryl methyl sites for hydroxylation is 2. The van der Waals surface area contributed by atoms with E-state index in [1.807, 2.05) is 0 Å². The van der Waals surface area contributed by atoms with Gasteiger partial charge in [0.2, 0.25) is 5.95 Å². The molecule has 2 aromatic rings. The molecule has 20 heavy (non-hydrogen) atoms. The minimum atomic E-state index is -3.91. The predicted molar refractivity (Wildman–Crippen MR) is 73.1 cm³/mol. The van der Waals surface area contributed by atoms with Crippen LogP contribution in [0.25, 0.3) is 0 Å². The van der Waals surface area contributed by atoms with Gasteiger partial charge in [0.25, 0.3) is 10.0 Å². The zero-order chi connectivity index (χ0) is 14.9. The molecule has 0 spiro atoms. The van der Waals surface area contributed by atoms with Crippen LogP contribution >= 0.6 is 0 Å². The Hall–Kier alpha value is -2.22. The molecule has 0 radical (unpaired) electrons. The van der Waals surface area contributed by atoms with Gasteiger partial charge in [-0.2, -0.15) is 0 Å². The molecule has 0 amide bonds. The summed E-state index contributed by atoms with van der Waals surface area (Å²) in [5.41, 5.74) is 6.39. The van der Waals surface area contributed by atoms with Crippen LogP contribution < -0.4 is 10.5 Å². The number of anilines is 2. The SMILES string of the molecule is Cc1cc(C)nc(NS(=O)(=O)c2ccc(F)c(N)c2)n1. The van der Waals surface area contributed by atoms with E-state index >= 15 is 0 Å². The molecule has 0 saturated heterocycles. The fourth-order valence-corrected chi connectivity index (χ4v) is 2.62. The molecule has 0 bridgehead atoms. The van der Waals surface area contributed by atoms with E-state index < -0.39 is 15.8 Å². The summed E-state index contributed by atoms with van der Waals surface area (Å²) < 4.78 is 39.5. The molecular formula is C12H13FN4O2S. The molecule has 3 N–H and O–H groups in total. The summed E-state index contributed by atoms with van der Waals surface area (Å²) in [5, 5.41) is 0. The Morgan fingerprint density at radius 1 is 1.15 bits per heavy atom. The number of hydrogen-bond donors (Lipinski definition) is 2. The van der Waals surface area contributed by atoms with Gasteiger partial charge in [-0.1, -0.05) is 0 Å². The Bertz CT molecular complexity index is 742. The van der Waals surface area contributed by atoms with E-state index in [2.05, 4.69) is 14.7 Å². The number of nitrogen functional groups attached to an aromatic ring is 1. The van der Waals surface area contributed by atoms with Crippen LogP contribution in [0.15, 0.2) is 29.2 Å². The molecule has 0 aliphatic carbocycles. The monoisotopic (exact) mass is 296 g/mol. The quantitative estimate of drug-likeness (QED) is 0.839. The van der Waals surface area contributed by atoms with E-state index in [1.54, 1.807) is 19.9 Å². The molecule has 0 aliphatic rings. The van der Waals surface area contributed by atoms with E-state index in [9.17, 15) is 12.8 Å². The summed E-state index contributed by atoms with van der Waals surface area (Å²) in [7, 11) is -3.91. The van der Waals surface area contributed by atoms with E-state index in [0.717, 1.165) is 18.2 Å². The van der Waals surface area contributed by atoms with Gasteiger partial charge in [0.1, 0.15) is 5.82 Å². The molecular weight excluding hydrogens is 283 g/mol. The molecule has 6 nitrogen and oxygen atoms in total. The number of nitrogens with one attached hydrogen (secondary N) is 1. The summed E-state index contributed by atoms with van der Waals surface area (Å²) >= 11 is 0. The van der Waals surface area contributed by atoms with Gasteiger partial charge in [0, 0.05) is 11.4 Å². The van der Waals surface area contributed by atoms with Crippen molar-refractivity contribution >= 4 is 21.7 Å². The molecule has 8 heteroatoms. The van der Waals surface area contributed by atoms with E-state index in [0.29, 0.717) is 11.4 Å². The number of benzene rings is 1. The maximum absolute atomic E-state index is 13.1. The van der Waals surface area contributed by atoms with Crippen molar-refractivity contribution in [3.63, 3.8) is 0 Å². The predicted octanol–water partition coefficient (Wildman–Crippen LogP) is 1.62. The second-order valence-electron chi connectivity index (χ2n) is 4.26. The van der Waals surface area contributed by atoms with Crippen molar-refractivity contribution in [2.75, 3.05) is 10.5 Å². The Balaban J connectivity index is 2.37. The molecule has 0 fully saturated rings. The minimum absolute atomic E-state index is 0.0367. The van der Waals surface area contributed by atoms with Crippen molar-refractivity contribution in [3.8, 4) is 0 Å². The first kappa shape index (κ1) is 14.2. The zero-order valence-electron chi connectivity index (χ0n) is 10.9. The van der Waals surface area contributed by atoms with Crippen LogP contribution in [-0.2, 0) is 10.0 Å². The molecule has 1 aromatic heterocycles. The fraction of sp³-hybridized carbons (Fsp3) is 0.167. The zero-order valence-corrected chi connectivity index (χ0v) is 11.7. The number of hydrogen-bond acceptors (Lipinski definition) is 5. The molecule has 2 rings (SSSR count). The third kappa shape index (κ3) is 3.02. The second kappa shape index (κ2) is 5.04. The average molecular weight is 296 g/mol. The Kier molecular flexibility index (Phi) is 3.58. The Labute approximate surface area is 115 Å². The summed E-state index contributed by atoms with van der Waals surface area (Å²) in [6, 6.07) is 4.87. The number of nitrogens with zero attached hydrogens (tertiary/aromatic N) is 2. The highest BCUT2D eigenvalue weighted by atomic mass is 32.2. The van der Waals surface area contributed by atoms with Crippen molar-refractivity contribution in [1.29, 1.82) is 0 Å². The number of sulfonamides is 1. The van der Waals surface area contributed by atoms with Gasteiger partial charge in [-0.05, 0) is 38.1 Å². The molecule has 0 atom stereocenters. The average Bonchev–Trinajstić information content (AvgIpc) is 2.30. The number of nitrogens with two attached hydrogens (primary N) is 1. The highest BCUT2D eigenvalue weighted by molar-refractivity contribution is 7.92. The lowest BCUT2D eigenvalue weighted by Crippen LogP contribution is -2.16. The van der Waals surface area contributed by atoms with Crippen molar-refractivity contribution in [2.24, 2.45) is 0 Å². The van der Waals surface area contributed by atoms with Crippen LogP contribution in [0.1, 0.15) is 11.4 Å².